The third-order valence-electron chi connectivity index (χ3n) is 6.06. The minimum atomic E-state index is -0.962. The first kappa shape index (κ1) is 20.5. The summed E-state index contributed by atoms with van der Waals surface area (Å²) in [6, 6.07) is 12.5. The van der Waals surface area contributed by atoms with Gasteiger partial charge in [0.1, 0.15) is 0 Å². The van der Waals surface area contributed by atoms with Gasteiger partial charge in [-0.3, -0.25) is 13.9 Å². The van der Waals surface area contributed by atoms with Crippen molar-refractivity contribution in [1.29, 1.82) is 5.26 Å². The van der Waals surface area contributed by atoms with Crippen LogP contribution in [0.5, 0.6) is 0 Å². The molecule has 4 aromatic rings. The molecule has 0 aliphatic heterocycles. The lowest BCUT2D eigenvalue weighted by atomic mass is 10.0. The monoisotopic (exact) mass is 416 g/mol. The van der Waals surface area contributed by atoms with Crippen molar-refractivity contribution < 1.29 is 9.90 Å². The number of rotatable bonds is 6. The van der Waals surface area contributed by atoms with Crippen LogP contribution in [0.3, 0.4) is 0 Å². The van der Waals surface area contributed by atoms with Crippen molar-refractivity contribution >= 4 is 27.9 Å². The maximum atomic E-state index is 13.7. The Bertz CT molecular complexity index is 1400. The number of aromatic nitrogens is 3. The summed E-state index contributed by atoms with van der Waals surface area (Å²) < 4.78 is 3.25. The Morgan fingerprint density at radius 1 is 1.23 bits per heavy atom. The summed E-state index contributed by atoms with van der Waals surface area (Å²) in [6.07, 6.45) is 2.26. The lowest BCUT2D eigenvalue weighted by molar-refractivity contribution is -0.137. The highest BCUT2D eigenvalue weighted by atomic mass is 16.4. The molecule has 2 heterocycles. The number of carboxylic acid groups (broad SMARTS) is 1. The van der Waals surface area contributed by atoms with Crippen molar-refractivity contribution in [2.45, 2.75) is 45.7 Å². The second-order valence-corrected chi connectivity index (χ2v) is 7.92. The molecule has 0 saturated heterocycles. The number of hydrogen-bond donors (Lipinski definition) is 2. The minimum Gasteiger partial charge on any atom is -0.481 e. The van der Waals surface area contributed by atoms with Gasteiger partial charge in [0.05, 0.1) is 35.1 Å². The zero-order chi connectivity index (χ0) is 22.3. The fraction of sp³-hybridized carbons (Fsp3) is 0.292. The van der Waals surface area contributed by atoms with Crippen LogP contribution in [-0.4, -0.2) is 25.2 Å². The second kappa shape index (κ2) is 7.80. The fourth-order valence-corrected chi connectivity index (χ4v) is 4.53. The average Bonchev–Trinajstić information content (AvgIpc) is 3.30. The van der Waals surface area contributed by atoms with Gasteiger partial charge in [-0.1, -0.05) is 19.1 Å². The largest absolute Gasteiger partial charge is 0.481 e. The van der Waals surface area contributed by atoms with E-state index < -0.39 is 12.0 Å². The maximum Gasteiger partial charge on any atom is 0.329 e. The topological polar surface area (TPSA) is 104 Å². The van der Waals surface area contributed by atoms with E-state index in [1.807, 2.05) is 45.2 Å². The molecule has 31 heavy (non-hydrogen) atoms. The van der Waals surface area contributed by atoms with Gasteiger partial charge in [-0.05, 0) is 50.1 Å². The number of nitrogens with zero attached hydrogens (tertiary/aromatic N) is 3. The molecule has 0 fully saturated rings. The first-order valence-electron chi connectivity index (χ1n) is 10.3. The SMILES string of the molecule is CCC(CC(=O)O)n1c(=O)n([C@@H](C)c2c[nH]c3cccc(C)c23)c2ccc(C#N)cc21. The molecule has 4 rings (SSSR count). The summed E-state index contributed by atoms with van der Waals surface area (Å²) in [5, 5.41) is 19.8. The number of nitrogens with one attached hydrogen (secondary N) is 1. The summed E-state index contributed by atoms with van der Waals surface area (Å²) in [7, 11) is 0. The zero-order valence-corrected chi connectivity index (χ0v) is 17.7. The molecule has 2 atom stereocenters. The molecule has 0 radical (unpaired) electrons. The normalized spacial score (nSPS) is 13.4. The van der Waals surface area contributed by atoms with Crippen LogP contribution in [0.25, 0.3) is 21.9 Å². The summed E-state index contributed by atoms with van der Waals surface area (Å²) >= 11 is 0. The van der Waals surface area contributed by atoms with Gasteiger partial charge >= 0.3 is 11.7 Å². The Kier molecular flexibility index (Phi) is 5.15. The minimum absolute atomic E-state index is 0.160. The van der Waals surface area contributed by atoms with Gasteiger partial charge in [0.15, 0.2) is 0 Å². The zero-order valence-electron chi connectivity index (χ0n) is 17.7. The summed E-state index contributed by atoms with van der Waals surface area (Å²) in [5.74, 6) is -0.962. The molecule has 2 N–H and O–H groups in total. The molecule has 7 nitrogen and oxygen atoms in total. The molecular weight excluding hydrogens is 392 g/mol. The summed E-state index contributed by atoms with van der Waals surface area (Å²) in [5.41, 5.74) is 4.53. The van der Waals surface area contributed by atoms with Crippen LogP contribution in [0.1, 0.15) is 55.5 Å². The van der Waals surface area contributed by atoms with Crippen LogP contribution in [0, 0.1) is 18.3 Å². The molecule has 0 saturated carbocycles. The van der Waals surface area contributed by atoms with E-state index in [9.17, 15) is 20.0 Å². The number of hydrogen-bond acceptors (Lipinski definition) is 3. The van der Waals surface area contributed by atoms with Gasteiger partial charge in [0.25, 0.3) is 0 Å². The first-order chi connectivity index (χ1) is 14.9. The predicted molar refractivity (Wildman–Crippen MR) is 119 cm³/mol. The van der Waals surface area contributed by atoms with E-state index in [0.717, 1.165) is 22.0 Å². The van der Waals surface area contributed by atoms with Crippen LogP contribution in [0.4, 0.5) is 0 Å². The van der Waals surface area contributed by atoms with Crippen molar-refractivity contribution in [3.05, 3.63) is 69.8 Å². The lowest BCUT2D eigenvalue weighted by Crippen LogP contribution is -2.30. The van der Waals surface area contributed by atoms with Crippen LogP contribution in [0.15, 0.2) is 47.4 Å². The fourth-order valence-electron chi connectivity index (χ4n) is 4.53. The van der Waals surface area contributed by atoms with E-state index in [4.69, 9.17) is 0 Å². The van der Waals surface area contributed by atoms with E-state index in [1.165, 1.54) is 0 Å². The number of nitriles is 1. The number of carbonyl (C=O) groups is 1. The van der Waals surface area contributed by atoms with Gasteiger partial charge < -0.3 is 10.1 Å². The van der Waals surface area contributed by atoms with Crippen LogP contribution in [-0.2, 0) is 4.79 Å². The van der Waals surface area contributed by atoms with Gasteiger partial charge in [-0.25, -0.2) is 4.79 Å². The van der Waals surface area contributed by atoms with Crippen LogP contribution < -0.4 is 5.69 Å². The Balaban J connectivity index is 2.00. The van der Waals surface area contributed by atoms with Crippen molar-refractivity contribution in [3.63, 3.8) is 0 Å². The van der Waals surface area contributed by atoms with E-state index in [2.05, 4.69) is 11.1 Å². The Morgan fingerprint density at radius 2 is 2.00 bits per heavy atom. The van der Waals surface area contributed by atoms with Crippen molar-refractivity contribution in [2.75, 3.05) is 0 Å². The van der Waals surface area contributed by atoms with Crippen LogP contribution in [0.2, 0.25) is 0 Å². The number of imidazole rings is 1. The number of H-pyrrole nitrogens is 1. The van der Waals surface area contributed by atoms with Crippen LogP contribution >= 0.6 is 0 Å². The molecule has 0 spiro atoms. The number of benzene rings is 2. The van der Waals surface area contributed by atoms with E-state index in [-0.39, 0.29) is 18.2 Å². The molecule has 0 bridgehead atoms. The quantitative estimate of drug-likeness (QED) is 0.483. The predicted octanol–water partition coefficient (Wildman–Crippen LogP) is 4.50. The Labute approximate surface area is 179 Å². The first-order valence-corrected chi connectivity index (χ1v) is 10.3. The molecule has 0 amide bonds. The summed E-state index contributed by atoms with van der Waals surface area (Å²) in [4.78, 5) is 28.4. The van der Waals surface area contributed by atoms with Gasteiger partial charge in [0.2, 0.25) is 0 Å². The van der Waals surface area contributed by atoms with Gasteiger partial charge in [-0.15, -0.1) is 0 Å². The number of fused-ring (bicyclic) bond motifs is 2. The smallest absolute Gasteiger partial charge is 0.329 e. The van der Waals surface area contributed by atoms with Gasteiger partial charge in [-0.2, -0.15) is 5.26 Å². The highest BCUT2D eigenvalue weighted by Crippen LogP contribution is 2.32. The molecular formula is C24H24N4O3. The standard InChI is InChI=1S/C24H24N4O3/c1-4-17(11-22(29)30)28-21-10-16(12-25)8-9-20(21)27(24(28)31)15(3)18-13-26-19-7-5-6-14(2)23(18)19/h5-10,13,15,17,26H,4,11H2,1-3H3,(H,29,30)/t15-,17?/m0/s1. The molecule has 158 valence electrons. The average molecular weight is 416 g/mol. The highest BCUT2D eigenvalue weighted by Gasteiger charge is 2.25. The van der Waals surface area contributed by atoms with E-state index in [0.29, 0.717) is 23.0 Å². The third kappa shape index (κ3) is 3.30. The maximum absolute atomic E-state index is 13.7. The van der Waals surface area contributed by atoms with Crippen molar-refractivity contribution in [1.82, 2.24) is 14.1 Å². The lowest BCUT2D eigenvalue weighted by Gasteiger charge is -2.16. The van der Waals surface area contributed by atoms with Crippen molar-refractivity contribution in [3.8, 4) is 6.07 Å². The highest BCUT2D eigenvalue weighted by molar-refractivity contribution is 5.87. The second-order valence-electron chi connectivity index (χ2n) is 7.92. The molecule has 2 aromatic heterocycles. The number of aromatic amines is 1. The Morgan fingerprint density at radius 3 is 2.68 bits per heavy atom. The summed E-state index contributed by atoms with van der Waals surface area (Å²) in [6.45, 7) is 5.87. The Hall–Kier alpha value is -3.79. The molecule has 1 unspecified atom stereocenters. The number of carboxylic acids is 1. The molecule has 0 aliphatic rings. The van der Waals surface area contributed by atoms with E-state index in [1.54, 1.807) is 27.3 Å². The number of aliphatic carboxylic acids is 1. The molecule has 7 heteroatoms. The molecule has 0 aliphatic carbocycles. The third-order valence-corrected chi connectivity index (χ3v) is 6.06. The number of aryl methyl sites for hydroxylation is 1. The van der Waals surface area contributed by atoms with Gasteiger partial charge in [0, 0.05) is 28.7 Å². The van der Waals surface area contributed by atoms with Crippen molar-refractivity contribution in [2.24, 2.45) is 0 Å². The van der Waals surface area contributed by atoms with E-state index >= 15 is 0 Å². The molecule has 2 aromatic carbocycles.